The van der Waals surface area contributed by atoms with E-state index < -0.39 is 0 Å². The van der Waals surface area contributed by atoms with Gasteiger partial charge in [0.1, 0.15) is 5.82 Å². The normalized spacial score (nSPS) is 17.3. The van der Waals surface area contributed by atoms with E-state index in [0.29, 0.717) is 25.2 Å². The van der Waals surface area contributed by atoms with E-state index in [1.807, 2.05) is 26.2 Å². The first-order chi connectivity index (χ1) is 11.1. The van der Waals surface area contributed by atoms with E-state index in [2.05, 4.69) is 25.0 Å². The summed E-state index contributed by atoms with van der Waals surface area (Å²) < 4.78 is 7.30. The Balaban J connectivity index is 1.40. The van der Waals surface area contributed by atoms with Gasteiger partial charge >= 0.3 is 0 Å². The van der Waals surface area contributed by atoms with Gasteiger partial charge in [-0.15, -0.1) is 0 Å². The summed E-state index contributed by atoms with van der Waals surface area (Å²) in [6.07, 6.45) is 7.48. The molecule has 1 unspecified atom stereocenters. The number of amides is 1. The summed E-state index contributed by atoms with van der Waals surface area (Å²) in [5.41, 5.74) is 0. The maximum Gasteiger partial charge on any atom is 0.226 e. The van der Waals surface area contributed by atoms with Crippen molar-refractivity contribution in [1.82, 2.24) is 25.0 Å². The van der Waals surface area contributed by atoms with Crippen LogP contribution in [0.3, 0.4) is 0 Å². The molecule has 0 bridgehead atoms. The molecule has 1 aliphatic heterocycles. The van der Waals surface area contributed by atoms with Gasteiger partial charge < -0.3 is 14.4 Å². The Morgan fingerprint density at radius 2 is 2.39 bits per heavy atom. The van der Waals surface area contributed by atoms with Crippen molar-refractivity contribution >= 4 is 5.91 Å². The molecule has 0 aliphatic carbocycles. The zero-order chi connectivity index (χ0) is 16.2. The number of aromatic nitrogens is 4. The van der Waals surface area contributed by atoms with Gasteiger partial charge in [-0.1, -0.05) is 19.0 Å². The van der Waals surface area contributed by atoms with Gasteiger partial charge in [-0.05, 0) is 12.8 Å². The fraction of sp³-hybridized carbons (Fsp3) is 0.625. The molecule has 3 rings (SSSR count). The van der Waals surface area contributed by atoms with Crippen LogP contribution >= 0.6 is 0 Å². The highest BCUT2D eigenvalue weighted by Crippen LogP contribution is 2.14. The molecule has 0 saturated heterocycles. The summed E-state index contributed by atoms with van der Waals surface area (Å²) in [6.45, 7) is 4.86. The molecule has 7 heteroatoms. The smallest absolute Gasteiger partial charge is 0.226 e. The molecule has 1 atom stereocenters. The van der Waals surface area contributed by atoms with Crippen molar-refractivity contribution in [3.8, 4) is 0 Å². The fourth-order valence-corrected chi connectivity index (χ4v) is 2.79. The number of aryl methyl sites for hydroxylation is 2. The van der Waals surface area contributed by atoms with E-state index in [1.165, 1.54) is 0 Å². The molecule has 1 N–H and O–H groups in total. The first-order valence-corrected chi connectivity index (χ1v) is 8.23. The van der Waals surface area contributed by atoms with Crippen LogP contribution in [0.2, 0.25) is 0 Å². The van der Waals surface area contributed by atoms with Crippen LogP contribution in [0.15, 0.2) is 16.9 Å². The van der Waals surface area contributed by atoms with E-state index in [4.69, 9.17) is 4.52 Å². The van der Waals surface area contributed by atoms with Crippen LogP contribution in [0.1, 0.15) is 56.6 Å². The van der Waals surface area contributed by atoms with Gasteiger partial charge in [-0.25, -0.2) is 4.98 Å². The summed E-state index contributed by atoms with van der Waals surface area (Å²) in [5.74, 6) is 2.79. The van der Waals surface area contributed by atoms with Crippen molar-refractivity contribution < 1.29 is 9.32 Å². The number of carbonyl (C=O) groups is 1. The average molecular weight is 317 g/mol. The average Bonchev–Trinajstić information content (AvgIpc) is 3.15. The number of nitrogens with one attached hydrogen (secondary N) is 1. The molecule has 3 heterocycles. The minimum absolute atomic E-state index is 0.0853. The van der Waals surface area contributed by atoms with E-state index >= 15 is 0 Å². The second-order valence-corrected chi connectivity index (χ2v) is 6.35. The Kier molecular flexibility index (Phi) is 4.73. The van der Waals surface area contributed by atoms with Crippen LogP contribution < -0.4 is 5.32 Å². The Labute approximate surface area is 135 Å². The number of imidazole rings is 1. The standard InChI is InChI=1S/C16H23N5O2/c1-11(2)16-19-15(23-20-16)5-3-4-14(22)18-12-6-7-13-17-8-9-21(13)10-12/h8-9,11-12H,3-7,10H2,1-2H3,(H,18,22). The molecule has 2 aromatic heterocycles. The largest absolute Gasteiger partial charge is 0.352 e. The zero-order valence-electron chi connectivity index (χ0n) is 13.7. The summed E-state index contributed by atoms with van der Waals surface area (Å²) in [5, 5.41) is 7.03. The molecule has 7 nitrogen and oxygen atoms in total. The maximum atomic E-state index is 12.1. The molecule has 0 saturated carbocycles. The first kappa shape index (κ1) is 15.7. The van der Waals surface area contributed by atoms with Crippen molar-refractivity contribution in [2.75, 3.05) is 0 Å². The minimum Gasteiger partial charge on any atom is -0.352 e. The van der Waals surface area contributed by atoms with Gasteiger partial charge in [-0.2, -0.15) is 4.98 Å². The number of fused-ring (bicyclic) bond motifs is 1. The molecule has 0 aromatic carbocycles. The number of rotatable bonds is 6. The van der Waals surface area contributed by atoms with Crippen LogP contribution in [0.4, 0.5) is 0 Å². The molecule has 1 amide bonds. The highest BCUT2D eigenvalue weighted by Gasteiger charge is 2.20. The van der Waals surface area contributed by atoms with Crippen molar-refractivity contribution in [3.63, 3.8) is 0 Å². The SMILES string of the molecule is CC(C)c1noc(CCCC(=O)NC2CCc3nccn3C2)n1. The van der Waals surface area contributed by atoms with Crippen LogP contribution in [0.5, 0.6) is 0 Å². The van der Waals surface area contributed by atoms with E-state index in [1.54, 1.807) is 0 Å². The van der Waals surface area contributed by atoms with Crippen molar-refractivity contribution in [2.45, 2.75) is 64.5 Å². The Morgan fingerprint density at radius 3 is 3.17 bits per heavy atom. The zero-order valence-corrected chi connectivity index (χ0v) is 13.7. The predicted octanol–water partition coefficient (Wildman–Crippen LogP) is 1.84. The number of hydrogen-bond donors (Lipinski definition) is 1. The quantitative estimate of drug-likeness (QED) is 0.878. The van der Waals surface area contributed by atoms with Gasteiger partial charge in [0, 0.05) is 50.2 Å². The Hall–Kier alpha value is -2.18. The monoisotopic (exact) mass is 317 g/mol. The summed E-state index contributed by atoms with van der Waals surface area (Å²) in [6, 6.07) is 0.195. The van der Waals surface area contributed by atoms with E-state index in [-0.39, 0.29) is 17.9 Å². The second kappa shape index (κ2) is 6.93. The highest BCUT2D eigenvalue weighted by atomic mass is 16.5. The van der Waals surface area contributed by atoms with Crippen LogP contribution in [-0.4, -0.2) is 31.6 Å². The Bertz CT molecular complexity index is 661. The lowest BCUT2D eigenvalue weighted by atomic mass is 10.1. The lowest BCUT2D eigenvalue weighted by Gasteiger charge is -2.24. The fourth-order valence-electron chi connectivity index (χ4n) is 2.79. The highest BCUT2D eigenvalue weighted by molar-refractivity contribution is 5.76. The van der Waals surface area contributed by atoms with Gasteiger partial charge in [0.25, 0.3) is 0 Å². The number of hydrogen-bond acceptors (Lipinski definition) is 5. The molecule has 0 spiro atoms. The van der Waals surface area contributed by atoms with Crippen LogP contribution in [0, 0.1) is 0 Å². The molecule has 0 radical (unpaired) electrons. The molecular formula is C16H23N5O2. The summed E-state index contributed by atoms with van der Waals surface area (Å²) >= 11 is 0. The van der Waals surface area contributed by atoms with Crippen LogP contribution in [0.25, 0.3) is 0 Å². The van der Waals surface area contributed by atoms with Gasteiger partial charge in [0.15, 0.2) is 5.82 Å². The van der Waals surface area contributed by atoms with E-state index in [0.717, 1.165) is 31.0 Å². The number of nitrogens with zero attached hydrogens (tertiary/aromatic N) is 4. The van der Waals surface area contributed by atoms with Gasteiger partial charge in [0.2, 0.25) is 11.8 Å². The minimum atomic E-state index is 0.0853. The molecule has 124 valence electrons. The lowest BCUT2D eigenvalue weighted by molar-refractivity contribution is -0.122. The van der Waals surface area contributed by atoms with E-state index in [9.17, 15) is 4.79 Å². The summed E-state index contributed by atoms with van der Waals surface area (Å²) in [7, 11) is 0. The molecular weight excluding hydrogens is 294 g/mol. The second-order valence-electron chi connectivity index (χ2n) is 6.35. The van der Waals surface area contributed by atoms with Crippen LogP contribution in [-0.2, 0) is 24.2 Å². The molecule has 0 fully saturated rings. The summed E-state index contributed by atoms with van der Waals surface area (Å²) in [4.78, 5) is 20.7. The third-order valence-electron chi connectivity index (χ3n) is 4.09. The third kappa shape index (κ3) is 3.97. The molecule has 2 aromatic rings. The number of carbonyl (C=O) groups excluding carboxylic acids is 1. The lowest BCUT2D eigenvalue weighted by Crippen LogP contribution is -2.40. The molecule has 23 heavy (non-hydrogen) atoms. The third-order valence-corrected chi connectivity index (χ3v) is 4.09. The Morgan fingerprint density at radius 1 is 1.52 bits per heavy atom. The van der Waals surface area contributed by atoms with Gasteiger partial charge in [-0.3, -0.25) is 4.79 Å². The first-order valence-electron chi connectivity index (χ1n) is 8.23. The van der Waals surface area contributed by atoms with Crippen molar-refractivity contribution in [3.05, 3.63) is 29.9 Å². The van der Waals surface area contributed by atoms with Gasteiger partial charge in [0.05, 0.1) is 0 Å². The topological polar surface area (TPSA) is 85.8 Å². The predicted molar refractivity (Wildman–Crippen MR) is 83.8 cm³/mol. The van der Waals surface area contributed by atoms with Crippen molar-refractivity contribution in [2.24, 2.45) is 0 Å². The molecule has 1 aliphatic rings. The maximum absolute atomic E-state index is 12.1. The van der Waals surface area contributed by atoms with Crippen molar-refractivity contribution in [1.29, 1.82) is 0 Å².